The maximum atomic E-state index is 15.7. The molecule has 1 aliphatic heterocycles. The molecule has 1 aromatic heterocycles. The van der Waals surface area contributed by atoms with Crippen molar-refractivity contribution in [3.8, 4) is 5.75 Å². The van der Waals surface area contributed by atoms with Crippen molar-refractivity contribution in [3.63, 3.8) is 0 Å². The van der Waals surface area contributed by atoms with Crippen LogP contribution < -0.4 is 103 Å². The Balaban J connectivity index is 1.49. The predicted octanol–water partition coefficient (Wildman–Crippen LogP) is -3.85. The molecule has 26 N–H and O–H groups in total. The highest BCUT2D eigenvalue weighted by atomic mass is 32.2. The van der Waals surface area contributed by atoms with Crippen molar-refractivity contribution in [2.75, 3.05) is 31.7 Å². The highest BCUT2D eigenvalue weighted by molar-refractivity contribution is 7.99. The Morgan fingerprint density at radius 1 is 0.590 bits per heavy atom. The Morgan fingerprint density at radius 2 is 1.17 bits per heavy atom. The number of aliphatic hydroxyl groups excluding tert-OH is 1. The van der Waals surface area contributed by atoms with Crippen LogP contribution >= 0.6 is 11.8 Å². The number of methoxy groups -OCH3 is 1. The molecule has 1 aliphatic rings. The smallest absolute Gasteiger partial charge is 0.303 e. The van der Waals surface area contributed by atoms with Crippen molar-refractivity contribution >= 4 is 140 Å². The lowest BCUT2D eigenvalue weighted by Gasteiger charge is -2.35. The number of aromatic nitrogens is 1. The number of benzene rings is 4. The molecule has 0 spiro atoms. The second-order valence-corrected chi connectivity index (χ2v) is 31.5. The lowest BCUT2D eigenvalue weighted by atomic mass is 9.88. The average molecular weight is 1720 g/mol. The van der Waals surface area contributed by atoms with E-state index in [-0.39, 0.29) is 44.4 Å². The number of nitrogens with one attached hydrogen (secondary N) is 14. The van der Waals surface area contributed by atoms with Gasteiger partial charge in [0.2, 0.25) is 100 Å². The number of carboxylic acid groups (broad SMARTS) is 1. The van der Waals surface area contributed by atoms with Crippen LogP contribution in [-0.4, -0.2) is 231 Å². The molecule has 122 heavy (non-hydrogen) atoms. The number of rotatable bonds is 41. The zero-order valence-corrected chi connectivity index (χ0v) is 69.4. The number of thioether (sulfide) groups is 1. The number of aromatic amines is 1. The molecule has 13 atom stereocenters. The van der Waals surface area contributed by atoms with Crippen molar-refractivity contribution in [1.82, 2.24) is 74.1 Å². The second kappa shape index (κ2) is 47.9. The fourth-order valence-electron chi connectivity index (χ4n) is 13.5. The van der Waals surface area contributed by atoms with E-state index in [1.165, 1.54) is 14.0 Å². The number of hydrogen-bond acceptors (Lipinski definition) is 22. The number of ether oxygens (including phenoxy) is 1. The predicted molar refractivity (Wildman–Crippen MR) is 446 cm³/mol. The van der Waals surface area contributed by atoms with Crippen LogP contribution in [0.2, 0.25) is 0 Å². The number of H-pyrrole nitrogens is 1. The molecule has 1 fully saturated rings. The number of amides is 17. The summed E-state index contributed by atoms with van der Waals surface area (Å²) >= 11 is 0.875. The molecule has 41 heteroatoms. The van der Waals surface area contributed by atoms with Crippen LogP contribution in [0.4, 0.5) is 0 Å². The molecule has 6 rings (SSSR count). The van der Waals surface area contributed by atoms with Crippen LogP contribution in [0, 0.1) is 5.92 Å². The van der Waals surface area contributed by atoms with Gasteiger partial charge in [-0.15, -0.1) is 0 Å². The van der Waals surface area contributed by atoms with Crippen LogP contribution in [0.5, 0.6) is 5.75 Å². The minimum absolute atomic E-state index is 0.0330. The normalized spacial score (nSPS) is 18.8. The van der Waals surface area contributed by atoms with E-state index >= 15 is 28.8 Å². The number of aliphatic carboxylic acids is 1. The van der Waals surface area contributed by atoms with Gasteiger partial charge in [-0.2, -0.15) is 11.8 Å². The molecule has 0 radical (unpaired) electrons. The van der Waals surface area contributed by atoms with E-state index in [4.69, 9.17) is 33.4 Å². The van der Waals surface area contributed by atoms with Crippen molar-refractivity contribution in [2.45, 2.75) is 209 Å². The summed E-state index contributed by atoms with van der Waals surface area (Å²) in [6, 6.07) is 6.32. The number of primary amides is 4. The van der Waals surface area contributed by atoms with E-state index < -0.39 is 254 Å². The molecule has 2 heterocycles. The quantitative estimate of drug-likeness (QED) is 0.0167. The Hall–Kier alpha value is -12.8. The van der Waals surface area contributed by atoms with Crippen LogP contribution in [0.15, 0.2) is 97.2 Å². The van der Waals surface area contributed by atoms with E-state index in [0.717, 1.165) is 31.0 Å². The molecule has 0 bridgehead atoms. The molecule has 0 unspecified atom stereocenters. The number of carbonyl (C=O) groups is 18. The van der Waals surface area contributed by atoms with E-state index in [0.29, 0.717) is 51.6 Å². The summed E-state index contributed by atoms with van der Waals surface area (Å²) in [6.45, 7) is 6.42. The van der Waals surface area contributed by atoms with E-state index in [9.17, 15) is 67.7 Å². The first-order chi connectivity index (χ1) is 57.8. The molecule has 0 saturated carbocycles. The SMILES string of the molecule is COc1ccc(C[C@H](NC(=O)[C@@H]2CSCC[C@H](NC(=O)[C@@H](CCCCN)NC(C)=O)C(=O)N[C@@H](CCC(N)=O)C(=O)N[C@@H]([C@@H](C)O)C(=O)N[C@@H](Cc3c[nH]c4ccccc34)C(=O)N[C@@H](CCC(N)=O)C(=O)N2)C(=O)N[C@@H](Cc2ccc3ccccc3c2)C(=O)N[C@@](C)(CC(C)C)C(=O)N[C@@H](CCC(=O)O)C(=O)N[C@@H](CC(N)=O)C(=O)NCC(N)=O)cc1. The molecule has 40 nitrogen and oxygen atoms in total. The fourth-order valence-corrected chi connectivity index (χ4v) is 14.5. The maximum Gasteiger partial charge on any atom is 0.303 e. The average Bonchev–Trinajstić information content (AvgIpc) is 1.56. The maximum absolute atomic E-state index is 15.7. The van der Waals surface area contributed by atoms with Gasteiger partial charge in [0.15, 0.2) is 0 Å². The molecule has 5 aromatic rings. The first kappa shape index (κ1) is 98.0. The summed E-state index contributed by atoms with van der Waals surface area (Å²) in [5, 5.41) is 56.0. The van der Waals surface area contributed by atoms with Crippen molar-refractivity contribution in [3.05, 3.63) is 114 Å². The summed E-state index contributed by atoms with van der Waals surface area (Å²) in [5.74, 6) is -20.1. The molecular formula is C81H111N19O21S. The van der Waals surface area contributed by atoms with Gasteiger partial charge < -0.3 is 118 Å². The molecule has 0 aliphatic carbocycles. The summed E-state index contributed by atoms with van der Waals surface area (Å²) in [7, 11) is 1.40. The van der Waals surface area contributed by atoms with Crippen molar-refractivity contribution in [1.29, 1.82) is 0 Å². The number of hydrogen-bond donors (Lipinski definition) is 21. The third kappa shape index (κ3) is 31.7. The van der Waals surface area contributed by atoms with Crippen LogP contribution in [0.1, 0.15) is 128 Å². The van der Waals surface area contributed by atoms with Crippen LogP contribution in [-0.2, 0) is 106 Å². The van der Waals surface area contributed by atoms with Gasteiger partial charge in [0.1, 0.15) is 77.7 Å². The van der Waals surface area contributed by atoms with Gasteiger partial charge in [0, 0.05) is 68.3 Å². The Bertz CT molecular complexity index is 4600. The summed E-state index contributed by atoms with van der Waals surface area (Å²) in [4.78, 5) is 255. The van der Waals surface area contributed by atoms with Gasteiger partial charge in [0.25, 0.3) is 0 Å². The molecular weight excluding hydrogens is 1610 g/mol. The van der Waals surface area contributed by atoms with Gasteiger partial charge in [0.05, 0.1) is 26.2 Å². The monoisotopic (exact) mass is 1720 g/mol. The van der Waals surface area contributed by atoms with Crippen molar-refractivity contribution in [2.24, 2.45) is 34.6 Å². The highest BCUT2D eigenvalue weighted by Gasteiger charge is 2.43. The van der Waals surface area contributed by atoms with Crippen molar-refractivity contribution < 1.29 is 101 Å². The molecule has 17 amide bonds. The minimum Gasteiger partial charge on any atom is -0.497 e. The first-order valence-electron chi connectivity index (χ1n) is 39.6. The van der Waals surface area contributed by atoms with Crippen LogP contribution in [0.3, 0.4) is 0 Å². The first-order valence-corrected chi connectivity index (χ1v) is 40.8. The van der Waals surface area contributed by atoms with E-state index in [2.05, 4.69) is 74.1 Å². The van der Waals surface area contributed by atoms with E-state index in [1.54, 1.807) is 105 Å². The fraction of sp³-hybridized carbons (Fsp3) is 0.481. The summed E-state index contributed by atoms with van der Waals surface area (Å²) < 4.78 is 5.41. The lowest BCUT2D eigenvalue weighted by molar-refractivity contribution is -0.140. The summed E-state index contributed by atoms with van der Waals surface area (Å²) in [6.07, 6.45) is -5.63. The molecule has 4 aromatic carbocycles. The number of carboxylic acids is 1. The Labute approximate surface area is 706 Å². The zero-order valence-electron chi connectivity index (χ0n) is 68.6. The molecule has 1 saturated heterocycles. The topological polar surface area (TPSA) is 659 Å². The van der Waals surface area contributed by atoms with Gasteiger partial charge in [-0.3, -0.25) is 86.3 Å². The third-order valence-corrected chi connectivity index (χ3v) is 20.8. The number of para-hydroxylation sites is 1. The van der Waals surface area contributed by atoms with Gasteiger partial charge in [-0.05, 0) is 129 Å². The minimum atomic E-state index is -2.08. The highest BCUT2D eigenvalue weighted by Crippen LogP contribution is 2.24. The number of nitrogens with two attached hydrogens (primary N) is 5. The summed E-state index contributed by atoms with van der Waals surface area (Å²) in [5.41, 5.74) is 27.3. The zero-order chi connectivity index (χ0) is 90.1. The van der Waals surface area contributed by atoms with E-state index in [1.807, 2.05) is 6.07 Å². The number of carbonyl (C=O) groups excluding carboxylic acids is 17. The standard InChI is InChI=1S/C81H111N19O21S/c1-42(2)38-81(5,80(120)98-56(26-29-67(107)108)72(112)95-61(37-65(85)105)69(109)88-40-66(86)106)100-78(118)59(35-46-18-21-47-13-7-8-14-48(47)33-46)94-75(115)58(34-45-19-22-50(121-6)23-20-45)93-77(117)62-41-122-32-30-57(92-70(110)53(89-44(4)102)17-11-12-31-82)73(113)90-55(25-28-64(84)104)74(114)99-68(43(3)101)79(119)96-60(36-49-39-87-52-16-10-9-15-51(49)52)76(116)91-54(71(111)97-62)24-27-63(83)103/h7-10,13-16,18-23,33,39,42-43,53-62,68,87,101H,11-12,17,24-32,34-38,40-41,82H2,1-6H3,(H2,83,103)(H2,84,104)(H2,85,105)(H2,86,106)(H,88,109)(H,89,102)(H,90,113)(H,91,116)(H,92,110)(H,93,117)(H,94,115)(H,95,112)(H,96,119)(H,97,111)(H,98,120)(H,99,114)(H,100,118)(H,107,108)/t43-,53-,54+,55+,56+,57+,58+,59+,60+,61+,62+,68+,81+/m1/s1. The second-order valence-electron chi connectivity index (χ2n) is 30.4. The Kier molecular flexibility index (Phi) is 38.5. The lowest BCUT2D eigenvalue weighted by Crippen LogP contribution is -2.65. The van der Waals surface area contributed by atoms with Gasteiger partial charge in [-0.25, -0.2) is 0 Å². The number of aliphatic hydroxyl groups is 1. The Morgan fingerprint density at radius 3 is 1.79 bits per heavy atom. The number of unbranched alkanes of at least 4 members (excludes halogenated alkanes) is 1. The number of fused-ring (bicyclic) bond motifs is 2. The van der Waals surface area contributed by atoms with Gasteiger partial charge in [-0.1, -0.05) is 86.6 Å². The third-order valence-electron chi connectivity index (χ3n) is 19.7. The van der Waals surface area contributed by atoms with Crippen LogP contribution in [0.25, 0.3) is 21.7 Å². The molecule has 662 valence electrons. The largest absolute Gasteiger partial charge is 0.497 e. The van der Waals surface area contributed by atoms with Gasteiger partial charge >= 0.3 is 5.97 Å².